The topological polar surface area (TPSA) is 249 Å². The third kappa shape index (κ3) is 9.22. The van der Waals surface area contributed by atoms with E-state index in [1.165, 1.54) is 19.2 Å². The minimum Gasteiger partial charge on any atom is -0.504 e. The molecule has 3 amide bonds. The van der Waals surface area contributed by atoms with Crippen LogP contribution in [0.25, 0.3) is 0 Å². The number of nitro benzene ring substituents is 1. The predicted octanol–water partition coefficient (Wildman–Crippen LogP) is 2.94. The zero-order chi connectivity index (χ0) is 36.1. The molecule has 17 heteroatoms. The summed E-state index contributed by atoms with van der Waals surface area (Å²) in [7, 11) is 1.18. The van der Waals surface area contributed by atoms with Gasteiger partial charge in [0.15, 0.2) is 17.5 Å². The van der Waals surface area contributed by atoms with Crippen LogP contribution in [-0.2, 0) is 23.9 Å². The number of nitro groups is 1. The summed E-state index contributed by atoms with van der Waals surface area (Å²) in [6, 6.07) is 1.87. The van der Waals surface area contributed by atoms with Gasteiger partial charge in [-0.25, -0.2) is 9.59 Å². The number of alkyl carbamates (subject to hydrolysis) is 1. The number of aromatic hydroxyl groups is 1. The van der Waals surface area contributed by atoms with Crippen molar-refractivity contribution in [2.45, 2.75) is 83.4 Å². The number of methoxy groups -OCH3 is 1. The van der Waals surface area contributed by atoms with Crippen molar-refractivity contribution in [1.82, 2.24) is 16.0 Å². The van der Waals surface area contributed by atoms with Crippen LogP contribution in [0.15, 0.2) is 30.3 Å². The molecule has 2 aliphatic heterocycles. The minimum absolute atomic E-state index is 0.126. The third-order valence-electron chi connectivity index (χ3n) is 6.46. The highest BCUT2D eigenvalue weighted by Crippen LogP contribution is 2.44. The Labute approximate surface area is 275 Å². The Morgan fingerprint density at radius 3 is 2.23 bits per heavy atom. The Hall–Kier alpha value is -5.63. The van der Waals surface area contributed by atoms with Crippen LogP contribution >= 0.6 is 0 Å². The standard InChI is InChI=1S/C31H37N5O12/c1-30(2,3)47-28(41)22-16-13-19(37)25(45-7)21(14-16)46-20-9-8-15(12-18(20)36(43)44)24(38)23(35-29(42)48-31(4,5)6)27(40)33-17(10-11-32)26(39)34-22/h8-9,12-14,17,22-24,37-38H,10H2,1-7H3,(H,33,40)(H,34,39)(H,35,42)/t17-,22+,23+,24+/m1/s1. The lowest BCUT2D eigenvalue weighted by atomic mass is 9.99. The number of rotatable bonds is 5. The van der Waals surface area contributed by atoms with Gasteiger partial charge in [-0.1, -0.05) is 6.07 Å². The SMILES string of the molecule is COc1c(O)cc2cc1Oc1ccc(cc1[N+](=O)[O-])[C@H](O)[C@H](NC(=O)OC(C)(C)C)C(=O)N[C@H](CC#N)C(=O)N[C@@H]2C(=O)OC(C)(C)C. The van der Waals surface area contributed by atoms with E-state index >= 15 is 0 Å². The number of aliphatic hydroxyl groups is 1. The number of fused-ring (bicyclic) bond motifs is 9. The van der Waals surface area contributed by atoms with E-state index in [1.54, 1.807) is 47.6 Å². The molecular formula is C31H37N5O12. The highest BCUT2D eigenvalue weighted by molar-refractivity contribution is 5.94. The molecule has 0 aliphatic carbocycles. The van der Waals surface area contributed by atoms with Gasteiger partial charge in [-0.3, -0.25) is 19.7 Å². The summed E-state index contributed by atoms with van der Waals surface area (Å²) in [5.74, 6) is -4.86. The molecule has 0 saturated heterocycles. The first kappa shape index (κ1) is 36.8. The van der Waals surface area contributed by atoms with Crippen LogP contribution in [0.4, 0.5) is 10.5 Å². The lowest BCUT2D eigenvalue weighted by molar-refractivity contribution is -0.385. The fourth-order valence-electron chi connectivity index (χ4n) is 4.48. The number of ether oxygens (including phenoxy) is 4. The predicted molar refractivity (Wildman–Crippen MR) is 165 cm³/mol. The molecule has 0 aromatic heterocycles. The number of hydrogen-bond donors (Lipinski definition) is 5. The van der Waals surface area contributed by atoms with Gasteiger partial charge in [0, 0.05) is 6.07 Å². The van der Waals surface area contributed by atoms with Crippen molar-refractivity contribution in [3.63, 3.8) is 0 Å². The normalized spacial score (nSPS) is 19.9. The maximum absolute atomic E-state index is 13.6. The molecule has 17 nitrogen and oxygen atoms in total. The Morgan fingerprint density at radius 2 is 1.67 bits per heavy atom. The van der Waals surface area contributed by atoms with Gasteiger partial charge in [0.25, 0.3) is 0 Å². The van der Waals surface area contributed by atoms with Crippen LogP contribution in [-0.4, -0.2) is 69.4 Å². The third-order valence-corrected chi connectivity index (χ3v) is 6.46. The molecule has 0 unspecified atom stereocenters. The Morgan fingerprint density at radius 1 is 1.02 bits per heavy atom. The summed E-state index contributed by atoms with van der Waals surface area (Å²) in [4.78, 5) is 64.7. The second kappa shape index (κ2) is 14.4. The van der Waals surface area contributed by atoms with Crippen molar-refractivity contribution in [1.29, 1.82) is 5.26 Å². The van der Waals surface area contributed by atoms with Gasteiger partial charge in [-0.05, 0) is 70.9 Å². The smallest absolute Gasteiger partial charge is 0.408 e. The van der Waals surface area contributed by atoms with Crippen molar-refractivity contribution < 1.29 is 53.3 Å². The zero-order valence-electron chi connectivity index (χ0n) is 27.3. The van der Waals surface area contributed by atoms with Crippen LogP contribution in [0, 0.1) is 21.4 Å². The first-order valence-corrected chi connectivity index (χ1v) is 14.5. The van der Waals surface area contributed by atoms with Gasteiger partial charge in [0.2, 0.25) is 23.3 Å². The van der Waals surface area contributed by atoms with E-state index in [9.17, 15) is 44.8 Å². The summed E-state index contributed by atoms with van der Waals surface area (Å²) >= 11 is 0. The van der Waals surface area contributed by atoms with Crippen molar-refractivity contribution in [3.8, 4) is 29.1 Å². The number of nitriles is 1. The van der Waals surface area contributed by atoms with Crippen molar-refractivity contribution in [3.05, 3.63) is 51.6 Å². The van der Waals surface area contributed by atoms with Gasteiger partial charge in [0.1, 0.15) is 29.4 Å². The lowest BCUT2D eigenvalue weighted by Crippen LogP contribution is -2.56. The van der Waals surface area contributed by atoms with Gasteiger partial charge in [-0.2, -0.15) is 5.26 Å². The molecular weight excluding hydrogens is 634 g/mol. The number of phenols is 1. The molecule has 48 heavy (non-hydrogen) atoms. The molecule has 2 heterocycles. The fourth-order valence-corrected chi connectivity index (χ4v) is 4.48. The van der Waals surface area contributed by atoms with Crippen molar-refractivity contribution in [2.75, 3.05) is 7.11 Å². The van der Waals surface area contributed by atoms with E-state index in [2.05, 4.69) is 16.0 Å². The first-order valence-electron chi connectivity index (χ1n) is 14.5. The number of amides is 3. The average Bonchev–Trinajstić information content (AvgIpc) is 2.95. The molecule has 0 fully saturated rings. The summed E-state index contributed by atoms with van der Waals surface area (Å²) in [6.45, 7) is 9.32. The van der Waals surface area contributed by atoms with E-state index in [-0.39, 0.29) is 22.6 Å². The van der Waals surface area contributed by atoms with E-state index in [1.807, 2.05) is 0 Å². The zero-order valence-corrected chi connectivity index (χ0v) is 27.3. The number of hydrogen-bond acceptors (Lipinski definition) is 13. The van der Waals surface area contributed by atoms with E-state index in [0.29, 0.717) is 0 Å². The average molecular weight is 672 g/mol. The molecule has 5 N–H and O–H groups in total. The first-order chi connectivity index (χ1) is 22.2. The van der Waals surface area contributed by atoms with Gasteiger partial charge >= 0.3 is 17.7 Å². The fraction of sp³-hybridized carbons (Fsp3) is 0.452. The summed E-state index contributed by atoms with van der Waals surface area (Å²) < 4.78 is 21.7. The van der Waals surface area contributed by atoms with Crippen LogP contribution in [0.1, 0.15) is 71.2 Å². The van der Waals surface area contributed by atoms with Gasteiger partial charge in [0.05, 0.1) is 24.5 Å². The number of nitrogens with zero attached hydrogens (tertiary/aromatic N) is 2. The minimum atomic E-state index is -1.97. The molecule has 4 atom stereocenters. The molecule has 0 spiro atoms. The number of nitrogens with one attached hydrogen (secondary N) is 3. The molecule has 2 aromatic rings. The molecule has 2 aliphatic rings. The van der Waals surface area contributed by atoms with Gasteiger partial charge < -0.3 is 45.1 Å². The van der Waals surface area contributed by atoms with Crippen molar-refractivity contribution in [2.24, 2.45) is 0 Å². The Balaban J connectivity index is 2.30. The van der Waals surface area contributed by atoms with E-state index in [4.69, 9.17) is 18.9 Å². The van der Waals surface area contributed by atoms with Crippen LogP contribution in [0.2, 0.25) is 0 Å². The molecule has 4 bridgehead atoms. The molecule has 2 aromatic carbocycles. The highest BCUT2D eigenvalue weighted by atomic mass is 16.6. The van der Waals surface area contributed by atoms with E-state index < -0.39 is 87.8 Å². The number of esters is 1. The number of aliphatic hydroxyl groups excluding tert-OH is 1. The quantitative estimate of drug-likeness (QED) is 0.174. The molecule has 4 rings (SSSR count). The lowest BCUT2D eigenvalue weighted by Gasteiger charge is -2.29. The van der Waals surface area contributed by atoms with Gasteiger partial charge in [-0.15, -0.1) is 0 Å². The number of benzene rings is 2. The highest BCUT2D eigenvalue weighted by Gasteiger charge is 2.38. The number of carbonyl (C=O) groups excluding carboxylic acids is 4. The summed E-state index contributed by atoms with van der Waals surface area (Å²) in [5, 5.41) is 50.7. The second-order valence-electron chi connectivity index (χ2n) is 12.6. The van der Waals surface area contributed by atoms with Crippen LogP contribution in [0.5, 0.6) is 23.0 Å². The maximum Gasteiger partial charge on any atom is 0.408 e. The number of phenolic OH excluding ortho intramolecular Hbond substituents is 1. The number of carbonyl (C=O) groups is 4. The summed E-state index contributed by atoms with van der Waals surface area (Å²) in [5.41, 5.74) is -3.16. The molecule has 0 radical (unpaired) electrons. The monoisotopic (exact) mass is 671 g/mol. The van der Waals surface area contributed by atoms with Crippen LogP contribution in [0.3, 0.4) is 0 Å². The van der Waals surface area contributed by atoms with Crippen molar-refractivity contribution >= 4 is 29.6 Å². The van der Waals surface area contributed by atoms with Crippen LogP contribution < -0.4 is 25.4 Å². The Bertz CT molecular complexity index is 1640. The second-order valence-corrected chi connectivity index (χ2v) is 12.6. The van der Waals surface area contributed by atoms with E-state index in [0.717, 1.165) is 18.2 Å². The molecule has 0 saturated carbocycles. The molecule has 258 valence electrons. The summed E-state index contributed by atoms with van der Waals surface area (Å²) in [6.07, 6.45) is -3.77. The largest absolute Gasteiger partial charge is 0.504 e. The Kier molecular flexibility index (Phi) is 11.1. The maximum atomic E-state index is 13.6.